The highest BCUT2D eigenvalue weighted by Crippen LogP contribution is 2.25. The number of ether oxygens (including phenoxy) is 2. The number of benzene rings is 2. The summed E-state index contributed by atoms with van der Waals surface area (Å²) in [7, 11) is 1.56. The number of hydrogen-bond donors (Lipinski definition) is 1. The van der Waals surface area contributed by atoms with Crippen LogP contribution in [0.15, 0.2) is 53.6 Å². The number of carbonyl (C=O) groups is 1. The van der Waals surface area contributed by atoms with Crippen LogP contribution in [-0.4, -0.2) is 38.9 Å². The van der Waals surface area contributed by atoms with Gasteiger partial charge >= 0.3 is 0 Å². The second-order valence-electron chi connectivity index (χ2n) is 6.73. The van der Waals surface area contributed by atoms with Crippen LogP contribution in [-0.2, 0) is 4.79 Å². The third-order valence-corrected chi connectivity index (χ3v) is 4.70. The molecule has 1 heterocycles. The van der Waals surface area contributed by atoms with Crippen LogP contribution < -0.4 is 19.8 Å². The van der Waals surface area contributed by atoms with Gasteiger partial charge in [-0.3, -0.25) is 4.79 Å². The molecule has 0 atom stereocenters. The maximum atomic E-state index is 11.9. The zero-order chi connectivity index (χ0) is 19.6. The molecule has 0 aromatic heterocycles. The van der Waals surface area contributed by atoms with Crippen LogP contribution in [0.3, 0.4) is 0 Å². The molecule has 3 rings (SSSR count). The lowest BCUT2D eigenvalue weighted by Gasteiger charge is -2.22. The van der Waals surface area contributed by atoms with Crippen molar-refractivity contribution in [2.24, 2.45) is 5.10 Å². The van der Waals surface area contributed by atoms with E-state index in [0.717, 1.165) is 18.7 Å². The normalized spacial score (nSPS) is 14.5. The van der Waals surface area contributed by atoms with Crippen molar-refractivity contribution >= 4 is 17.8 Å². The highest BCUT2D eigenvalue weighted by atomic mass is 16.5. The van der Waals surface area contributed by atoms with Gasteiger partial charge in [0.25, 0.3) is 5.91 Å². The second kappa shape index (κ2) is 10.3. The maximum Gasteiger partial charge on any atom is 0.277 e. The lowest BCUT2D eigenvalue weighted by Crippen LogP contribution is -2.24. The van der Waals surface area contributed by atoms with Crippen LogP contribution in [0.2, 0.25) is 0 Å². The van der Waals surface area contributed by atoms with Crippen molar-refractivity contribution in [3.05, 3.63) is 54.1 Å². The number of para-hydroxylation sites is 2. The Morgan fingerprint density at radius 1 is 1.04 bits per heavy atom. The van der Waals surface area contributed by atoms with Crippen molar-refractivity contribution in [3.8, 4) is 11.5 Å². The molecule has 1 N–H and O–H groups in total. The number of hydrogen-bond acceptors (Lipinski definition) is 5. The molecule has 0 radical (unpaired) electrons. The van der Waals surface area contributed by atoms with Gasteiger partial charge in [-0.25, -0.2) is 5.43 Å². The lowest BCUT2D eigenvalue weighted by atomic mass is 10.2. The largest absolute Gasteiger partial charge is 0.493 e. The fourth-order valence-electron chi connectivity index (χ4n) is 3.19. The Balaban J connectivity index is 1.46. The molecule has 1 saturated heterocycles. The predicted molar refractivity (Wildman–Crippen MR) is 111 cm³/mol. The SMILES string of the molecule is COc1ccccc1OCC(=O)N/N=C\c1ccc(N2CCCCCC2)cc1. The van der Waals surface area contributed by atoms with Gasteiger partial charge in [0.1, 0.15) is 0 Å². The summed E-state index contributed by atoms with van der Waals surface area (Å²) in [5.74, 6) is 0.778. The van der Waals surface area contributed by atoms with E-state index < -0.39 is 0 Å². The van der Waals surface area contributed by atoms with Gasteiger partial charge < -0.3 is 14.4 Å². The van der Waals surface area contributed by atoms with Crippen LogP contribution in [0.5, 0.6) is 11.5 Å². The second-order valence-corrected chi connectivity index (χ2v) is 6.73. The monoisotopic (exact) mass is 381 g/mol. The smallest absolute Gasteiger partial charge is 0.277 e. The molecule has 1 aliphatic heterocycles. The van der Waals surface area contributed by atoms with Gasteiger partial charge in [-0.2, -0.15) is 5.10 Å². The molecule has 2 aromatic carbocycles. The van der Waals surface area contributed by atoms with Crippen molar-refractivity contribution in [1.29, 1.82) is 0 Å². The van der Waals surface area contributed by atoms with Crippen molar-refractivity contribution in [1.82, 2.24) is 5.43 Å². The molecule has 2 aromatic rings. The summed E-state index contributed by atoms with van der Waals surface area (Å²) in [4.78, 5) is 14.3. The molecule has 0 unspecified atom stereocenters. The molecule has 28 heavy (non-hydrogen) atoms. The number of rotatable bonds is 7. The van der Waals surface area contributed by atoms with E-state index >= 15 is 0 Å². The number of nitrogens with one attached hydrogen (secondary N) is 1. The van der Waals surface area contributed by atoms with Gasteiger partial charge in [0.2, 0.25) is 0 Å². The topological polar surface area (TPSA) is 63.2 Å². The summed E-state index contributed by atoms with van der Waals surface area (Å²) in [5.41, 5.74) is 4.66. The summed E-state index contributed by atoms with van der Waals surface area (Å²) < 4.78 is 10.7. The number of carbonyl (C=O) groups excluding carboxylic acids is 1. The van der Waals surface area contributed by atoms with Gasteiger partial charge in [0, 0.05) is 18.8 Å². The van der Waals surface area contributed by atoms with Gasteiger partial charge in [-0.1, -0.05) is 37.1 Å². The van der Waals surface area contributed by atoms with E-state index in [1.54, 1.807) is 25.5 Å². The van der Waals surface area contributed by atoms with Gasteiger partial charge in [-0.05, 0) is 42.7 Å². The van der Waals surface area contributed by atoms with E-state index in [9.17, 15) is 4.79 Å². The van der Waals surface area contributed by atoms with Crippen LogP contribution in [0.1, 0.15) is 31.2 Å². The van der Waals surface area contributed by atoms with Gasteiger partial charge in [0.15, 0.2) is 18.1 Å². The summed E-state index contributed by atoms with van der Waals surface area (Å²) in [6, 6.07) is 15.4. The van der Waals surface area contributed by atoms with E-state index in [4.69, 9.17) is 9.47 Å². The zero-order valence-corrected chi connectivity index (χ0v) is 16.3. The predicted octanol–water partition coefficient (Wildman–Crippen LogP) is 3.60. The number of methoxy groups -OCH3 is 1. The molecule has 1 aliphatic rings. The molecule has 148 valence electrons. The fourth-order valence-corrected chi connectivity index (χ4v) is 3.19. The molecule has 6 nitrogen and oxygen atoms in total. The Morgan fingerprint density at radius 3 is 2.39 bits per heavy atom. The number of nitrogens with zero attached hydrogens (tertiary/aromatic N) is 2. The minimum Gasteiger partial charge on any atom is -0.493 e. The van der Waals surface area contributed by atoms with Crippen LogP contribution in [0, 0.1) is 0 Å². The van der Waals surface area contributed by atoms with E-state index in [-0.39, 0.29) is 12.5 Å². The Bertz CT molecular complexity index is 782. The zero-order valence-electron chi connectivity index (χ0n) is 16.3. The molecule has 0 saturated carbocycles. The first-order chi connectivity index (χ1) is 13.8. The number of anilines is 1. The molecule has 0 aliphatic carbocycles. The highest BCUT2D eigenvalue weighted by Gasteiger charge is 2.09. The van der Waals surface area contributed by atoms with Crippen molar-refractivity contribution in [2.45, 2.75) is 25.7 Å². The minimum absolute atomic E-state index is 0.133. The summed E-state index contributed by atoms with van der Waals surface area (Å²) in [6.07, 6.45) is 6.79. The molecule has 6 heteroatoms. The Labute approximate surface area is 166 Å². The van der Waals surface area contributed by atoms with Gasteiger partial charge in [0.05, 0.1) is 13.3 Å². The minimum atomic E-state index is -0.330. The van der Waals surface area contributed by atoms with Crippen LogP contribution in [0.4, 0.5) is 5.69 Å². The van der Waals surface area contributed by atoms with Crippen LogP contribution in [0.25, 0.3) is 0 Å². The highest BCUT2D eigenvalue weighted by molar-refractivity contribution is 5.83. The first-order valence-corrected chi connectivity index (χ1v) is 9.69. The molecule has 0 spiro atoms. The standard InChI is InChI=1S/C22H27N3O3/c1-27-20-8-4-5-9-21(20)28-17-22(26)24-23-16-18-10-12-19(13-11-18)25-14-6-2-3-7-15-25/h4-5,8-13,16H,2-3,6-7,14-15,17H2,1H3,(H,24,26)/b23-16-. The quantitative estimate of drug-likeness (QED) is 0.588. The van der Waals surface area contributed by atoms with Crippen molar-refractivity contribution in [2.75, 3.05) is 31.7 Å². The van der Waals surface area contributed by atoms with E-state index in [2.05, 4.69) is 27.6 Å². The Hall–Kier alpha value is -3.02. The van der Waals surface area contributed by atoms with E-state index in [0.29, 0.717) is 11.5 Å². The molecular formula is C22H27N3O3. The van der Waals surface area contributed by atoms with Gasteiger partial charge in [-0.15, -0.1) is 0 Å². The molecular weight excluding hydrogens is 354 g/mol. The fraction of sp³-hybridized carbons (Fsp3) is 0.364. The third-order valence-electron chi connectivity index (χ3n) is 4.70. The van der Waals surface area contributed by atoms with Crippen LogP contribution >= 0.6 is 0 Å². The summed E-state index contributed by atoms with van der Waals surface area (Å²) in [6.45, 7) is 2.11. The molecule has 1 amide bonds. The summed E-state index contributed by atoms with van der Waals surface area (Å²) in [5, 5.41) is 4.00. The number of hydrazone groups is 1. The average Bonchev–Trinajstić information content (AvgIpc) is 3.02. The van der Waals surface area contributed by atoms with Crippen molar-refractivity contribution < 1.29 is 14.3 Å². The molecule has 0 bridgehead atoms. The Morgan fingerprint density at radius 2 is 1.71 bits per heavy atom. The van der Waals surface area contributed by atoms with E-state index in [1.165, 1.54) is 31.4 Å². The summed E-state index contributed by atoms with van der Waals surface area (Å²) >= 11 is 0. The van der Waals surface area contributed by atoms with Crippen molar-refractivity contribution in [3.63, 3.8) is 0 Å². The first-order valence-electron chi connectivity index (χ1n) is 9.69. The third kappa shape index (κ3) is 5.74. The Kier molecular flexibility index (Phi) is 7.29. The number of amides is 1. The molecule has 1 fully saturated rings. The first kappa shape index (κ1) is 19.7. The lowest BCUT2D eigenvalue weighted by molar-refractivity contribution is -0.123. The maximum absolute atomic E-state index is 11.9. The average molecular weight is 381 g/mol. The van der Waals surface area contributed by atoms with E-state index in [1.807, 2.05) is 24.3 Å².